The predicted molar refractivity (Wildman–Crippen MR) is 125 cm³/mol. The number of aromatic amines is 1. The van der Waals surface area contributed by atoms with E-state index in [1.54, 1.807) is 13.3 Å². The second kappa shape index (κ2) is 8.82. The van der Waals surface area contributed by atoms with E-state index >= 15 is 0 Å². The number of amides is 1. The summed E-state index contributed by atoms with van der Waals surface area (Å²) in [5.41, 5.74) is 1.50. The van der Waals surface area contributed by atoms with Gasteiger partial charge in [0.2, 0.25) is 0 Å². The number of rotatable bonds is 5. The number of methoxy groups -OCH3 is 1. The van der Waals surface area contributed by atoms with Crippen LogP contribution in [0.15, 0.2) is 46.0 Å². The smallest absolute Gasteiger partial charge is 0.264 e. The van der Waals surface area contributed by atoms with Crippen LogP contribution in [0.1, 0.15) is 51.2 Å². The highest BCUT2D eigenvalue weighted by Gasteiger charge is 2.30. The van der Waals surface area contributed by atoms with E-state index in [1.807, 2.05) is 36.1 Å². The number of piperidine rings is 1. The zero-order chi connectivity index (χ0) is 22.9. The number of nitrogens with one attached hydrogen (secondary N) is 1. The van der Waals surface area contributed by atoms with E-state index in [2.05, 4.69) is 15.0 Å². The number of ether oxygens (including phenoxy) is 1. The number of aromatic nitrogens is 3. The lowest BCUT2D eigenvalue weighted by Gasteiger charge is -2.31. The van der Waals surface area contributed by atoms with E-state index in [9.17, 15) is 9.59 Å². The van der Waals surface area contributed by atoms with Gasteiger partial charge in [0.05, 0.1) is 35.8 Å². The molecule has 8 nitrogen and oxygen atoms in total. The van der Waals surface area contributed by atoms with Gasteiger partial charge in [-0.15, -0.1) is 11.3 Å². The van der Waals surface area contributed by atoms with Crippen LogP contribution in [-0.4, -0.2) is 46.0 Å². The third-order valence-corrected chi connectivity index (χ3v) is 7.30. The van der Waals surface area contributed by atoms with Crippen molar-refractivity contribution in [1.29, 1.82) is 0 Å². The third-order valence-electron chi connectivity index (χ3n) is 6.11. The molecule has 170 valence electrons. The maximum Gasteiger partial charge on any atom is 0.264 e. The Labute approximate surface area is 194 Å². The van der Waals surface area contributed by atoms with Gasteiger partial charge >= 0.3 is 0 Å². The molecule has 1 aliphatic rings. The van der Waals surface area contributed by atoms with Gasteiger partial charge in [-0.1, -0.05) is 18.2 Å². The zero-order valence-electron chi connectivity index (χ0n) is 18.5. The van der Waals surface area contributed by atoms with Crippen LogP contribution in [-0.2, 0) is 6.42 Å². The fourth-order valence-corrected chi connectivity index (χ4v) is 5.54. The molecule has 1 saturated heterocycles. The summed E-state index contributed by atoms with van der Waals surface area (Å²) < 4.78 is 11.5. The molecule has 9 heteroatoms. The number of oxazole rings is 1. The van der Waals surface area contributed by atoms with Gasteiger partial charge in [-0.25, -0.2) is 9.97 Å². The summed E-state index contributed by atoms with van der Waals surface area (Å²) in [7, 11) is 1.66. The van der Waals surface area contributed by atoms with Crippen LogP contribution in [0.5, 0.6) is 5.75 Å². The molecule has 3 aromatic heterocycles. The van der Waals surface area contributed by atoms with Gasteiger partial charge in [0.1, 0.15) is 16.3 Å². The van der Waals surface area contributed by atoms with Gasteiger partial charge in [0.15, 0.2) is 5.89 Å². The van der Waals surface area contributed by atoms with Crippen molar-refractivity contribution in [2.75, 3.05) is 20.2 Å². The van der Waals surface area contributed by atoms with Crippen molar-refractivity contribution >= 4 is 27.5 Å². The van der Waals surface area contributed by atoms with Crippen molar-refractivity contribution in [3.05, 3.63) is 74.8 Å². The molecule has 1 fully saturated rings. The molecule has 0 bridgehead atoms. The number of thiophene rings is 1. The van der Waals surface area contributed by atoms with E-state index in [4.69, 9.17) is 9.15 Å². The lowest BCUT2D eigenvalue weighted by atomic mass is 9.97. The minimum absolute atomic E-state index is 0.0327. The molecular formula is C24H24N4O4S. The number of para-hydroxylation sites is 1. The monoisotopic (exact) mass is 464 g/mol. The Hall–Kier alpha value is -3.46. The van der Waals surface area contributed by atoms with Crippen molar-refractivity contribution < 1.29 is 13.9 Å². The number of benzene rings is 1. The first kappa shape index (κ1) is 21.4. The van der Waals surface area contributed by atoms with Crippen molar-refractivity contribution in [2.24, 2.45) is 0 Å². The molecule has 0 saturated carbocycles. The normalized spacial score (nSPS) is 16.3. The van der Waals surface area contributed by atoms with E-state index in [0.29, 0.717) is 46.1 Å². The average Bonchev–Trinajstić information content (AvgIpc) is 3.44. The van der Waals surface area contributed by atoms with Crippen LogP contribution in [0.4, 0.5) is 0 Å². The third kappa shape index (κ3) is 4.04. The molecule has 0 spiro atoms. The minimum atomic E-state index is -0.216. The number of H-pyrrole nitrogens is 1. The predicted octanol–water partition coefficient (Wildman–Crippen LogP) is 3.90. The Morgan fingerprint density at radius 2 is 2.18 bits per heavy atom. The molecule has 4 aromatic rings. The summed E-state index contributed by atoms with van der Waals surface area (Å²) in [6.45, 7) is 3.01. The number of aryl methyl sites for hydroxylation is 1. The second-order valence-corrected chi connectivity index (χ2v) is 9.21. The van der Waals surface area contributed by atoms with Crippen molar-refractivity contribution in [2.45, 2.75) is 32.1 Å². The molecule has 5 rings (SSSR count). The summed E-state index contributed by atoms with van der Waals surface area (Å²) in [6, 6.07) is 7.84. The lowest BCUT2D eigenvalue weighted by molar-refractivity contribution is 0.0702. The van der Waals surface area contributed by atoms with Crippen LogP contribution in [0, 0.1) is 6.92 Å². The maximum atomic E-state index is 13.3. The molecular weight excluding hydrogens is 440 g/mol. The molecule has 0 unspecified atom stereocenters. The number of carbonyl (C=O) groups excluding carboxylic acids is 1. The Kier molecular flexibility index (Phi) is 5.72. The fourth-order valence-electron chi connectivity index (χ4n) is 4.42. The number of fused-ring (bicyclic) bond motifs is 1. The standard InChI is InChI=1S/C24H24N4O4S/c1-14-19-21(29)26-13-27-23(19)33-20(14)24(30)28-9-5-7-16(12-28)22-25-11-17(32-22)10-15-6-3-4-8-18(15)31-2/h3-4,6,8,11,13,16H,5,7,9-10,12H2,1-2H3,(H,26,27,29)/t16-/m1/s1. The first-order valence-corrected chi connectivity index (χ1v) is 11.7. The average molecular weight is 465 g/mol. The van der Waals surface area contributed by atoms with Crippen molar-refractivity contribution in [1.82, 2.24) is 19.9 Å². The van der Waals surface area contributed by atoms with E-state index in [0.717, 1.165) is 29.9 Å². The molecule has 1 amide bonds. The zero-order valence-corrected chi connectivity index (χ0v) is 19.3. The lowest BCUT2D eigenvalue weighted by Crippen LogP contribution is -2.39. The van der Waals surface area contributed by atoms with Crippen molar-refractivity contribution in [3.63, 3.8) is 0 Å². The highest BCUT2D eigenvalue weighted by molar-refractivity contribution is 7.20. The number of nitrogens with zero attached hydrogens (tertiary/aromatic N) is 3. The van der Waals surface area contributed by atoms with Crippen LogP contribution < -0.4 is 10.3 Å². The van der Waals surface area contributed by atoms with Crippen molar-refractivity contribution in [3.8, 4) is 5.75 Å². The summed E-state index contributed by atoms with van der Waals surface area (Å²) in [5, 5.41) is 0.494. The quantitative estimate of drug-likeness (QED) is 0.481. The topological polar surface area (TPSA) is 101 Å². The van der Waals surface area contributed by atoms with Gasteiger partial charge in [-0.05, 0) is 31.4 Å². The highest BCUT2D eigenvalue weighted by Crippen LogP contribution is 2.32. The van der Waals surface area contributed by atoms with E-state index in [1.165, 1.54) is 17.7 Å². The number of carbonyl (C=O) groups is 1. The Bertz CT molecular complexity index is 1370. The molecule has 4 heterocycles. The number of hydrogen-bond acceptors (Lipinski definition) is 7. The summed E-state index contributed by atoms with van der Waals surface area (Å²) >= 11 is 1.27. The second-order valence-electron chi connectivity index (χ2n) is 8.21. The van der Waals surface area contributed by atoms with Gasteiger partial charge in [0.25, 0.3) is 11.5 Å². The fraction of sp³-hybridized carbons (Fsp3) is 0.333. The molecule has 1 aliphatic heterocycles. The largest absolute Gasteiger partial charge is 0.496 e. The van der Waals surface area contributed by atoms with Gasteiger partial charge in [-0.3, -0.25) is 9.59 Å². The van der Waals surface area contributed by atoms with Gasteiger partial charge in [0, 0.05) is 25.1 Å². The number of hydrogen-bond donors (Lipinski definition) is 1. The van der Waals surface area contributed by atoms with Gasteiger partial charge < -0.3 is 19.0 Å². The van der Waals surface area contributed by atoms with Crippen LogP contribution >= 0.6 is 11.3 Å². The van der Waals surface area contributed by atoms with Gasteiger partial charge in [-0.2, -0.15) is 0 Å². The minimum Gasteiger partial charge on any atom is -0.496 e. The van der Waals surface area contributed by atoms with Crippen LogP contribution in [0.2, 0.25) is 0 Å². The molecule has 0 aliphatic carbocycles. The van der Waals surface area contributed by atoms with E-state index < -0.39 is 0 Å². The summed E-state index contributed by atoms with van der Waals surface area (Å²) in [4.78, 5) is 39.8. The van der Waals surface area contributed by atoms with Crippen LogP contribution in [0.25, 0.3) is 10.2 Å². The maximum absolute atomic E-state index is 13.3. The molecule has 1 N–H and O–H groups in total. The first-order chi connectivity index (χ1) is 16.0. The Morgan fingerprint density at radius 1 is 1.33 bits per heavy atom. The molecule has 33 heavy (non-hydrogen) atoms. The molecule has 1 atom stereocenters. The first-order valence-electron chi connectivity index (χ1n) is 10.9. The summed E-state index contributed by atoms with van der Waals surface area (Å²) in [6.07, 6.45) is 5.50. The Balaban J connectivity index is 1.33. The highest BCUT2D eigenvalue weighted by atomic mass is 32.1. The molecule has 0 radical (unpaired) electrons. The Morgan fingerprint density at radius 3 is 3.00 bits per heavy atom. The number of likely N-dealkylation sites (tertiary alicyclic amines) is 1. The summed E-state index contributed by atoms with van der Waals surface area (Å²) in [5.74, 6) is 2.20. The SMILES string of the molecule is COc1ccccc1Cc1cnc([C@@H]2CCCN(C(=O)c3sc4nc[nH]c(=O)c4c3C)C2)o1. The molecule has 1 aromatic carbocycles. The van der Waals surface area contributed by atoms with Crippen LogP contribution in [0.3, 0.4) is 0 Å². The van der Waals surface area contributed by atoms with E-state index in [-0.39, 0.29) is 17.4 Å².